The van der Waals surface area contributed by atoms with Crippen molar-refractivity contribution in [1.29, 1.82) is 0 Å². The van der Waals surface area contributed by atoms with Crippen LogP contribution in [0.5, 0.6) is 5.75 Å². The van der Waals surface area contributed by atoms with Crippen LogP contribution in [0, 0.1) is 19.8 Å². The Balaban J connectivity index is 1.41. The van der Waals surface area contributed by atoms with Crippen molar-refractivity contribution < 1.29 is 33.8 Å². The second kappa shape index (κ2) is 23.0. The van der Waals surface area contributed by atoms with Crippen molar-refractivity contribution in [3.05, 3.63) is 40.7 Å². The zero-order valence-corrected chi connectivity index (χ0v) is 31.7. The van der Waals surface area contributed by atoms with E-state index in [1.807, 2.05) is 26.0 Å². The summed E-state index contributed by atoms with van der Waals surface area (Å²) in [5.74, 6) is 5.70. The van der Waals surface area contributed by atoms with Crippen LogP contribution in [0.1, 0.15) is 131 Å². The van der Waals surface area contributed by atoms with E-state index in [0.29, 0.717) is 56.6 Å². The van der Waals surface area contributed by atoms with E-state index in [1.165, 1.54) is 17.9 Å². The number of aliphatic carboxylic acids is 1. The fourth-order valence-electron chi connectivity index (χ4n) is 7.05. The molecule has 2 fully saturated rings. The van der Waals surface area contributed by atoms with Gasteiger partial charge >= 0.3 is 5.97 Å². The van der Waals surface area contributed by atoms with Gasteiger partial charge in [0.25, 0.3) is 5.91 Å². The van der Waals surface area contributed by atoms with E-state index >= 15 is 0 Å². The third-order valence-electron chi connectivity index (χ3n) is 9.94. The maximum absolute atomic E-state index is 13.0. The summed E-state index contributed by atoms with van der Waals surface area (Å²) >= 11 is 0. The Morgan fingerprint density at radius 2 is 1.63 bits per heavy atom. The number of aryl methyl sites for hydroxylation is 2. The standard InChI is InChI=1S/C39H64N6O7/c1-4-5-6-10-17-35(46)42-20-11-12-22-51-37-27(2)23-30(24-28(37)3)38(48)43-21-13-16-33-32(18-19-34(52-33)39(49)50)44-36(47)26-45(41)25-31(40)29-14-8-7-9-15-29/h23-25,29,32-34H,4-22,26,40-41H2,1-3H3,(H,42,46)(H,43,48)(H,44,47)(H,49,50)/b31-25-. The molecule has 1 aliphatic heterocycles. The van der Waals surface area contributed by atoms with Gasteiger partial charge in [-0.15, -0.1) is 0 Å². The minimum atomic E-state index is -1.03. The Morgan fingerprint density at radius 1 is 0.923 bits per heavy atom. The first-order chi connectivity index (χ1) is 25.0. The van der Waals surface area contributed by atoms with Gasteiger partial charge in [-0.2, -0.15) is 0 Å². The number of nitrogens with two attached hydrogens (primary N) is 2. The molecule has 1 aromatic rings. The zero-order valence-electron chi connectivity index (χ0n) is 31.7. The number of carbonyl (C=O) groups excluding carboxylic acids is 3. The molecule has 1 saturated carbocycles. The summed E-state index contributed by atoms with van der Waals surface area (Å²) in [6.45, 7) is 7.40. The van der Waals surface area contributed by atoms with Gasteiger partial charge in [-0.25, -0.2) is 10.6 Å². The minimum Gasteiger partial charge on any atom is -0.493 e. The predicted octanol–water partition coefficient (Wildman–Crippen LogP) is 4.73. The van der Waals surface area contributed by atoms with Crippen molar-refractivity contribution in [2.45, 2.75) is 142 Å². The lowest BCUT2D eigenvalue weighted by Crippen LogP contribution is -2.53. The van der Waals surface area contributed by atoms with Crippen molar-refractivity contribution >= 4 is 23.7 Å². The Labute approximate surface area is 309 Å². The highest BCUT2D eigenvalue weighted by Crippen LogP contribution is 2.28. The molecule has 3 unspecified atom stereocenters. The third kappa shape index (κ3) is 15.0. The minimum absolute atomic E-state index is 0.0866. The number of nitrogens with one attached hydrogen (secondary N) is 3. The fraction of sp³-hybridized carbons (Fsp3) is 0.692. The van der Waals surface area contributed by atoms with E-state index in [-0.39, 0.29) is 42.6 Å². The Kier molecular flexibility index (Phi) is 18.8. The number of hydrazine groups is 1. The first kappa shape index (κ1) is 42.6. The second-order valence-electron chi connectivity index (χ2n) is 14.4. The summed E-state index contributed by atoms with van der Waals surface area (Å²) in [6, 6.07) is 3.23. The van der Waals surface area contributed by atoms with Gasteiger partial charge in [-0.1, -0.05) is 45.4 Å². The summed E-state index contributed by atoms with van der Waals surface area (Å²) in [6.07, 6.45) is 14.0. The summed E-state index contributed by atoms with van der Waals surface area (Å²) in [5.41, 5.74) is 9.20. The number of rotatable bonds is 22. The molecule has 0 aromatic heterocycles. The van der Waals surface area contributed by atoms with Crippen LogP contribution in [0.4, 0.5) is 0 Å². The lowest BCUT2D eigenvalue weighted by atomic mass is 9.87. The van der Waals surface area contributed by atoms with Gasteiger partial charge in [-0.05, 0) is 101 Å². The van der Waals surface area contributed by atoms with Crippen molar-refractivity contribution in [2.24, 2.45) is 17.5 Å². The normalized spacial score (nSPS) is 19.5. The summed E-state index contributed by atoms with van der Waals surface area (Å²) in [5, 5.41) is 19.8. The number of benzene rings is 1. The molecule has 52 heavy (non-hydrogen) atoms. The van der Waals surface area contributed by atoms with Crippen LogP contribution in [0.2, 0.25) is 0 Å². The van der Waals surface area contributed by atoms with Crippen LogP contribution in [0.25, 0.3) is 0 Å². The van der Waals surface area contributed by atoms with Crippen molar-refractivity contribution in [2.75, 3.05) is 26.2 Å². The number of carboxylic acid groups (broad SMARTS) is 1. The molecule has 0 radical (unpaired) electrons. The van der Waals surface area contributed by atoms with Gasteiger partial charge < -0.3 is 41.3 Å². The Bertz CT molecular complexity index is 1310. The van der Waals surface area contributed by atoms with Gasteiger partial charge in [0, 0.05) is 37.0 Å². The molecule has 1 saturated heterocycles. The average molecular weight is 729 g/mol. The molecule has 1 heterocycles. The largest absolute Gasteiger partial charge is 0.493 e. The van der Waals surface area contributed by atoms with E-state index in [0.717, 1.165) is 74.7 Å². The number of unbranched alkanes of at least 4 members (excludes halogenated alkanes) is 4. The van der Waals surface area contributed by atoms with Crippen molar-refractivity contribution in [1.82, 2.24) is 21.0 Å². The molecular formula is C39H64N6O7. The smallest absolute Gasteiger partial charge is 0.332 e. The van der Waals surface area contributed by atoms with Gasteiger partial charge in [-0.3, -0.25) is 14.4 Å². The van der Waals surface area contributed by atoms with Gasteiger partial charge in [0.1, 0.15) is 12.3 Å². The first-order valence-corrected chi connectivity index (χ1v) is 19.4. The molecule has 1 aromatic carbocycles. The van der Waals surface area contributed by atoms with E-state index in [9.17, 15) is 24.3 Å². The number of hydrogen-bond donors (Lipinski definition) is 6. The highest BCUT2D eigenvalue weighted by atomic mass is 16.5. The van der Waals surface area contributed by atoms with E-state index in [4.69, 9.17) is 21.1 Å². The molecule has 0 spiro atoms. The van der Waals surface area contributed by atoms with Crippen LogP contribution >= 0.6 is 0 Å². The van der Waals surface area contributed by atoms with Crippen molar-refractivity contribution in [3.63, 3.8) is 0 Å². The number of ether oxygens (including phenoxy) is 2. The molecule has 0 bridgehead atoms. The van der Waals surface area contributed by atoms with Gasteiger partial charge in [0.05, 0.1) is 18.8 Å². The summed E-state index contributed by atoms with van der Waals surface area (Å²) in [7, 11) is 0. The fourth-order valence-corrected chi connectivity index (χ4v) is 7.05. The monoisotopic (exact) mass is 728 g/mol. The van der Waals surface area contributed by atoms with E-state index in [2.05, 4.69) is 22.9 Å². The molecule has 2 aliphatic rings. The molecule has 3 amide bonds. The number of nitrogens with zero attached hydrogens (tertiary/aromatic N) is 1. The number of allylic oxidation sites excluding steroid dienone is 1. The maximum Gasteiger partial charge on any atom is 0.332 e. The van der Waals surface area contributed by atoms with E-state index < -0.39 is 18.2 Å². The van der Waals surface area contributed by atoms with Crippen LogP contribution in [0.3, 0.4) is 0 Å². The molecule has 3 atom stereocenters. The van der Waals surface area contributed by atoms with Crippen molar-refractivity contribution in [3.8, 4) is 5.75 Å². The zero-order chi connectivity index (χ0) is 37.9. The molecule has 13 heteroatoms. The van der Waals surface area contributed by atoms with Gasteiger partial charge in [0.2, 0.25) is 11.8 Å². The average Bonchev–Trinajstić information content (AvgIpc) is 3.11. The third-order valence-corrected chi connectivity index (χ3v) is 9.94. The maximum atomic E-state index is 13.0. The molecule has 8 N–H and O–H groups in total. The number of amides is 3. The number of hydrogen-bond acceptors (Lipinski definition) is 9. The predicted molar refractivity (Wildman–Crippen MR) is 201 cm³/mol. The van der Waals surface area contributed by atoms with Crippen LogP contribution in [-0.4, -0.2) is 78.3 Å². The van der Waals surface area contributed by atoms with Crippen LogP contribution in [-0.2, 0) is 19.1 Å². The first-order valence-electron chi connectivity index (χ1n) is 19.4. The lowest BCUT2D eigenvalue weighted by molar-refractivity contribution is -0.162. The summed E-state index contributed by atoms with van der Waals surface area (Å²) in [4.78, 5) is 49.6. The Hall–Kier alpha value is -3.84. The molecule has 1 aliphatic carbocycles. The molecule has 3 rings (SSSR count). The van der Waals surface area contributed by atoms with Crippen LogP contribution < -0.4 is 32.3 Å². The van der Waals surface area contributed by atoms with E-state index in [1.54, 1.807) is 6.20 Å². The number of carboxylic acids is 1. The SMILES string of the molecule is CCCCCCC(=O)NCCCCOc1c(C)cc(C(=O)NCCCC2OC(C(=O)O)CCC2NC(=O)CN(N)/C=C(\N)C2CCCCC2)cc1C. The second-order valence-corrected chi connectivity index (χ2v) is 14.4. The highest BCUT2D eigenvalue weighted by molar-refractivity contribution is 5.94. The van der Waals surface area contributed by atoms with Crippen LogP contribution in [0.15, 0.2) is 24.0 Å². The Morgan fingerprint density at radius 3 is 2.33 bits per heavy atom. The van der Waals surface area contributed by atoms with Gasteiger partial charge in [0.15, 0.2) is 6.10 Å². The number of carbonyl (C=O) groups is 4. The quantitative estimate of drug-likeness (QED) is 0.0551. The molecular weight excluding hydrogens is 664 g/mol. The highest BCUT2D eigenvalue weighted by Gasteiger charge is 2.35. The topological polar surface area (TPSA) is 198 Å². The summed E-state index contributed by atoms with van der Waals surface area (Å²) < 4.78 is 11.9. The lowest BCUT2D eigenvalue weighted by Gasteiger charge is -2.36. The molecule has 292 valence electrons. The molecule has 13 nitrogen and oxygen atoms in total.